The Morgan fingerprint density at radius 3 is 2.86 bits per heavy atom. The van der Waals surface area contributed by atoms with Crippen molar-refractivity contribution in [1.82, 2.24) is 5.43 Å². The summed E-state index contributed by atoms with van der Waals surface area (Å²) in [5, 5.41) is 3.94. The van der Waals surface area contributed by atoms with Crippen molar-refractivity contribution in [2.45, 2.75) is 52.5 Å². The van der Waals surface area contributed by atoms with Gasteiger partial charge in [0.25, 0.3) is 0 Å². The molecule has 0 aromatic heterocycles. The third-order valence-corrected chi connectivity index (χ3v) is 4.16. The Hall–Kier alpha value is -1.84. The molecule has 114 valence electrons. The monoisotopic (exact) mass is 287 g/mol. The van der Waals surface area contributed by atoms with Gasteiger partial charge >= 0.3 is 0 Å². The first-order valence-electron chi connectivity index (χ1n) is 7.56. The Bertz CT molecular complexity index is 563. The van der Waals surface area contributed by atoms with Crippen LogP contribution in [0.25, 0.3) is 0 Å². The summed E-state index contributed by atoms with van der Waals surface area (Å²) in [4.78, 5) is 13.3. The summed E-state index contributed by atoms with van der Waals surface area (Å²) >= 11 is 0. The fraction of sp³-hybridized carbons (Fsp3) is 0.529. The Labute approximate surface area is 127 Å². The van der Waals surface area contributed by atoms with Crippen LogP contribution in [0.4, 0.5) is 5.69 Å². The van der Waals surface area contributed by atoms with Crippen molar-refractivity contribution >= 4 is 17.8 Å². The Morgan fingerprint density at radius 2 is 2.24 bits per heavy atom. The Kier molecular flexibility index (Phi) is 4.35. The minimum absolute atomic E-state index is 0.156. The number of hydrogen-bond donors (Lipinski definition) is 1. The number of rotatable bonds is 3. The number of benzene rings is 1. The molecule has 1 aliphatic heterocycles. The van der Waals surface area contributed by atoms with Crippen LogP contribution in [0.1, 0.15) is 58.1 Å². The number of carbonyl (C=O) groups excluding carboxylic acids is 1. The lowest BCUT2D eigenvalue weighted by molar-refractivity contribution is -0.118. The molecule has 0 fully saturated rings. The lowest BCUT2D eigenvalue weighted by Gasteiger charge is -2.47. The molecular formula is C17H25N3O. The molecule has 0 bridgehead atoms. The number of anilines is 1. The molecular weight excluding hydrogens is 262 g/mol. The van der Waals surface area contributed by atoms with E-state index in [0.717, 1.165) is 18.5 Å². The minimum Gasteiger partial charge on any atom is -0.366 e. The third-order valence-electron chi connectivity index (χ3n) is 4.16. The van der Waals surface area contributed by atoms with E-state index in [-0.39, 0.29) is 11.4 Å². The zero-order chi connectivity index (χ0) is 15.6. The van der Waals surface area contributed by atoms with E-state index < -0.39 is 0 Å². The van der Waals surface area contributed by atoms with Crippen LogP contribution in [0, 0.1) is 0 Å². The minimum atomic E-state index is -0.156. The molecule has 1 aromatic carbocycles. The number of carbonyl (C=O) groups is 1. The molecule has 0 saturated carbocycles. The predicted octanol–water partition coefficient (Wildman–Crippen LogP) is 3.27. The standard InChI is InChI=1S/C17H25N3O/c1-6-20-16-8-7-14(11-18-19-13(3)21)9-15(16)12(2)10-17(20,4)5/h7-9,11-12H,6,10H2,1-5H3,(H,19,21)/b18-11-/t12-/m1/s1. The van der Waals surface area contributed by atoms with Crippen molar-refractivity contribution < 1.29 is 4.79 Å². The van der Waals surface area contributed by atoms with E-state index in [0.29, 0.717) is 5.92 Å². The molecule has 0 saturated heterocycles. The van der Waals surface area contributed by atoms with Gasteiger partial charge in [-0.25, -0.2) is 5.43 Å². The van der Waals surface area contributed by atoms with E-state index >= 15 is 0 Å². The van der Waals surface area contributed by atoms with Crippen LogP contribution in [-0.4, -0.2) is 24.2 Å². The van der Waals surface area contributed by atoms with Crippen molar-refractivity contribution in [3.63, 3.8) is 0 Å². The zero-order valence-corrected chi connectivity index (χ0v) is 13.6. The zero-order valence-electron chi connectivity index (χ0n) is 13.6. The average Bonchev–Trinajstić information content (AvgIpc) is 2.38. The number of nitrogens with one attached hydrogen (secondary N) is 1. The quantitative estimate of drug-likeness (QED) is 0.685. The van der Waals surface area contributed by atoms with Crippen molar-refractivity contribution in [1.29, 1.82) is 0 Å². The Balaban J connectivity index is 2.33. The predicted molar refractivity (Wildman–Crippen MR) is 88.0 cm³/mol. The van der Waals surface area contributed by atoms with E-state index in [1.54, 1.807) is 6.21 Å². The first kappa shape index (κ1) is 15.5. The molecule has 0 unspecified atom stereocenters. The largest absolute Gasteiger partial charge is 0.366 e. The van der Waals surface area contributed by atoms with Crippen LogP contribution in [-0.2, 0) is 4.79 Å². The number of hydrogen-bond acceptors (Lipinski definition) is 3. The Morgan fingerprint density at radius 1 is 1.52 bits per heavy atom. The van der Waals surface area contributed by atoms with Gasteiger partial charge in [0.05, 0.1) is 6.21 Å². The summed E-state index contributed by atoms with van der Waals surface area (Å²) in [6.07, 6.45) is 2.84. The first-order valence-corrected chi connectivity index (χ1v) is 7.56. The lowest BCUT2D eigenvalue weighted by atomic mass is 9.79. The molecule has 1 aliphatic rings. The molecule has 1 aromatic rings. The van der Waals surface area contributed by atoms with Gasteiger partial charge < -0.3 is 4.90 Å². The second-order valence-electron chi connectivity index (χ2n) is 6.41. The van der Waals surface area contributed by atoms with Gasteiger partial charge in [-0.15, -0.1) is 0 Å². The van der Waals surface area contributed by atoms with Crippen molar-refractivity contribution in [3.05, 3.63) is 29.3 Å². The van der Waals surface area contributed by atoms with Crippen LogP contribution in [0.5, 0.6) is 0 Å². The number of fused-ring (bicyclic) bond motifs is 1. The van der Waals surface area contributed by atoms with Crippen molar-refractivity contribution in [3.8, 4) is 0 Å². The second-order valence-corrected chi connectivity index (χ2v) is 6.41. The van der Waals surface area contributed by atoms with E-state index in [4.69, 9.17) is 0 Å². The van der Waals surface area contributed by atoms with Gasteiger partial charge in [-0.3, -0.25) is 4.79 Å². The highest BCUT2D eigenvalue weighted by molar-refractivity contribution is 5.83. The van der Waals surface area contributed by atoms with Crippen LogP contribution in [0.2, 0.25) is 0 Å². The number of hydrazone groups is 1. The van der Waals surface area contributed by atoms with E-state index in [1.807, 2.05) is 0 Å². The first-order chi connectivity index (χ1) is 9.85. The van der Waals surface area contributed by atoms with Gasteiger partial charge in [0, 0.05) is 24.7 Å². The maximum absolute atomic E-state index is 10.8. The summed E-state index contributed by atoms with van der Waals surface area (Å²) in [7, 11) is 0. The molecule has 0 aliphatic carbocycles. The highest BCUT2D eigenvalue weighted by Crippen LogP contribution is 2.43. The summed E-state index contributed by atoms with van der Waals surface area (Å²) in [5.41, 5.74) is 6.33. The fourth-order valence-corrected chi connectivity index (χ4v) is 3.39. The summed E-state index contributed by atoms with van der Waals surface area (Å²) in [5.74, 6) is 0.364. The second kappa shape index (κ2) is 5.88. The molecule has 0 spiro atoms. The SMILES string of the molecule is CCN1c2ccc(/C=N\NC(C)=O)cc2[C@H](C)CC1(C)C. The van der Waals surface area contributed by atoms with Gasteiger partial charge in [-0.1, -0.05) is 13.0 Å². The number of nitrogens with zero attached hydrogens (tertiary/aromatic N) is 2. The van der Waals surface area contributed by atoms with E-state index in [2.05, 4.69) is 61.3 Å². The van der Waals surface area contributed by atoms with Gasteiger partial charge in [0.15, 0.2) is 0 Å². The maximum atomic E-state index is 10.8. The molecule has 2 rings (SSSR count). The molecule has 4 heteroatoms. The number of amides is 1. The van der Waals surface area contributed by atoms with Crippen LogP contribution < -0.4 is 10.3 Å². The normalized spacial score (nSPS) is 20.4. The smallest absolute Gasteiger partial charge is 0.236 e. The van der Waals surface area contributed by atoms with Crippen LogP contribution in [0.15, 0.2) is 23.3 Å². The molecule has 1 heterocycles. The van der Waals surface area contributed by atoms with Gasteiger partial charge in [0.1, 0.15) is 0 Å². The highest BCUT2D eigenvalue weighted by Gasteiger charge is 2.35. The van der Waals surface area contributed by atoms with Gasteiger partial charge in [-0.05, 0) is 56.4 Å². The third kappa shape index (κ3) is 3.26. The van der Waals surface area contributed by atoms with Gasteiger partial charge in [-0.2, -0.15) is 5.10 Å². The highest BCUT2D eigenvalue weighted by atomic mass is 16.2. The van der Waals surface area contributed by atoms with Crippen LogP contribution >= 0.6 is 0 Å². The molecule has 0 radical (unpaired) electrons. The topological polar surface area (TPSA) is 44.7 Å². The van der Waals surface area contributed by atoms with E-state index in [1.165, 1.54) is 18.2 Å². The van der Waals surface area contributed by atoms with Gasteiger partial charge in [0.2, 0.25) is 5.91 Å². The molecule has 4 nitrogen and oxygen atoms in total. The maximum Gasteiger partial charge on any atom is 0.236 e. The molecule has 1 atom stereocenters. The van der Waals surface area contributed by atoms with Crippen molar-refractivity contribution in [2.75, 3.05) is 11.4 Å². The average molecular weight is 287 g/mol. The lowest BCUT2D eigenvalue weighted by Crippen LogP contribution is -2.48. The van der Waals surface area contributed by atoms with E-state index in [9.17, 15) is 4.79 Å². The molecule has 21 heavy (non-hydrogen) atoms. The molecule has 1 amide bonds. The summed E-state index contributed by atoms with van der Waals surface area (Å²) in [6, 6.07) is 6.41. The summed E-state index contributed by atoms with van der Waals surface area (Å²) in [6.45, 7) is 11.6. The molecule has 1 N–H and O–H groups in total. The van der Waals surface area contributed by atoms with Crippen molar-refractivity contribution in [2.24, 2.45) is 5.10 Å². The summed E-state index contributed by atoms with van der Waals surface area (Å²) < 4.78 is 0. The van der Waals surface area contributed by atoms with Crippen LogP contribution in [0.3, 0.4) is 0 Å². The fourth-order valence-electron chi connectivity index (χ4n) is 3.39.